The second-order valence-corrected chi connectivity index (χ2v) is 6.90. The van der Waals surface area contributed by atoms with E-state index in [-0.39, 0.29) is 5.91 Å². The van der Waals surface area contributed by atoms with Gasteiger partial charge in [0.25, 0.3) is 5.91 Å². The zero-order chi connectivity index (χ0) is 16.0. The molecule has 5 nitrogen and oxygen atoms in total. The highest BCUT2D eigenvalue weighted by Crippen LogP contribution is 2.30. The summed E-state index contributed by atoms with van der Waals surface area (Å²) in [7, 11) is 0. The SMILES string of the molecule is Cc1cc(C)c2sc(NC(=O)c3ccc4nsnc4c3)nc2c1. The van der Waals surface area contributed by atoms with Crippen LogP contribution in [-0.2, 0) is 0 Å². The van der Waals surface area contributed by atoms with E-state index in [1.54, 1.807) is 18.2 Å². The van der Waals surface area contributed by atoms with Crippen LogP contribution in [0, 0.1) is 13.8 Å². The zero-order valence-electron chi connectivity index (χ0n) is 12.5. The molecule has 114 valence electrons. The average Bonchev–Trinajstić information content (AvgIpc) is 3.12. The lowest BCUT2D eigenvalue weighted by atomic mass is 10.1. The van der Waals surface area contributed by atoms with Gasteiger partial charge in [-0.05, 0) is 49.2 Å². The average molecular weight is 340 g/mol. The molecule has 0 fully saturated rings. The molecule has 4 rings (SSSR count). The Morgan fingerprint density at radius 3 is 2.74 bits per heavy atom. The molecule has 0 aliphatic carbocycles. The maximum absolute atomic E-state index is 12.4. The summed E-state index contributed by atoms with van der Waals surface area (Å²) in [5.41, 5.74) is 5.35. The molecule has 2 aromatic carbocycles. The Hall–Kier alpha value is -2.38. The van der Waals surface area contributed by atoms with Gasteiger partial charge in [0.1, 0.15) is 11.0 Å². The second kappa shape index (κ2) is 5.36. The number of fused-ring (bicyclic) bond motifs is 2. The Bertz CT molecular complexity index is 1050. The highest BCUT2D eigenvalue weighted by atomic mass is 32.1. The zero-order valence-corrected chi connectivity index (χ0v) is 14.1. The van der Waals surface area contributed by atoms with Gasteiger partial charge in [0, 0.05) is 5.56 Å². The topological polar surface area (TPSA) is 67.8 Å². The fourth-order valence-electron chi connectivity index (χ4n) is 2.52. The van der Waals surface area contributed by atoms with E-state index in [9.17, 15) is 4.79 Å². The van der Waals surface area contributed by atoms with E-state index in [0.29, 0.717) is 10.7 Å². The summed E-state index contributed by atoms with van der Waals surface area (Å²) < 4.78 is 9.40. The van der Waals surface area contributed by atoms with Crippen LogP contribution < -0.4 is 5.32 Å². The van der Waals surface area contributed by atoms with Crippen molar-refractivity contribution in [2.24, 2.45) is 0 Å². The van der Waals surface area contributed by atoms with Crippen molar-refractivity contribution in [2.45, 2.75) is 13.8 Å². The molecule has 1 N–H and O–H groups in total. The summed E-state index contributed by atoms with van der Waals surface area (Å²) in [4.78, 5) is 16.9. The van der Waals surface area contributed by atoms with Gasteiger partial charge in [0.2, 0.25) is 0 Å². The molecular weight excluding hydrogens is 328 g/mol. The van der Waals surface area contributed by atoms with Crippen molar-refractivity contribution < 1.29 is 4.79 Å². The van der Waals surface area contributed by atoms with Crippen LogP contribution in [0.15, 0.2) is 30.3 Å². The summed E-state index contributed by atoms with van der Waals surface area (Å²) in [6.07, 6.45) is 0. The standard InChI is InChI=1S/C16H12N4OS2/c1-8-5-9(2)14-13(6-8)17-16(22-14)18-15(21)10-3-4-11-12(7-10)20-23-19-11/h3-7H,1-2H3,(H,17,18,21). The molecule has 1 amide bonds. The third kappa shape index (κ3) is 2.58. The van der Waals surface area contributed by atoms with Gasteiger partial charge >= 0.3 is 0 Å². The first-order chi connectivity index (χ1) is 11.1. The lowest BCUT2D eigenvalue weighted by Crippen LogP contribution is -2.11. The molecule has 0 bridgehead atoms. The van der Waals surface area contributed by atoms with Crippen molar-refractivity contribution >= 4 is 55.4 Å². The number of hydrogen-bond donors (Lipinski definition) is 1. The minimum Gasteiger partial charge on any atom is -0.298 e. The molecule has 0 radical (unpaired) electrons. The number of carbonyl (C=O) groups excluding carboxylic acids is 1. The van der Waals surface area contributed by atoms with Gasteiger partial charge in [0.05, 0.1) is 21.9 Å². The van der Waals surface area contributed by atoms with Crippen molar-refractivity contribution in [1.29, 1.82) is 0 Å². The number of thiazole rings is 1. The normalized spacial score (nSPS) is 11.2. The molecule has 7 heteroatoms. The number of carbonyl (C=O) groups is 1. The summed E-state index contributed by atoms with van der Waals surface area (Å²) in [6.45, 7) is 4.10. The predicted octanol–water partition coefficient (Wildman–Crippen LogP) is 4.17. The van der Waals surface area contributed by atoms with Gasteiger partial charge in [-0.15, -0.1) is 0 Å². The number of rotatable bonds is 2. The number of anilines is 1. The van der Waals surface area contributed by atoms with Crippen LogP contribution in [0.4, 0.5) is 5.13 Å². The van der Waals surface area contributed by atoms with Gasteiger partial charge < -0.3 is 0 Å². The van der Waals surface area contributed by atoms with E-state index in [4.69, 9.17) is 0 Å². The van der Waals surface area contributed by atoms with Gasteiger partial charge in [-0.1, -0.05) is 17.4 Å². The Kier molecular flexibility index (Phi) is 3.32. The molecule has 2 heterocycles. The number of nitrogens with zero attached hydrogens (tertiary/aromatic N) is 3. The fraction of sp³-hybridized carbons (Fsp3) is 0.125. The van der Waals surface area contributed by atoms with Crippen LogP contribution in [0.3, 0.4) is 0 Å². The lowest BCUT2D eigenvalue weighted by molar-refractivity contribution is 0.102. The van der Waals surface area contributed by atoms with Crippen LogP contribution >= 0.6 is 23.1 Å². The molecule has 2 aromatic heterocycles. The van der Waals surface area contributed by atoms with Crippen LogP contribution in [0.25, 0.3) is 21.3 Å². The van der Waals surface area contributed by atoms with E-state index in [2.05, 4.69) is 32.0 Å². The number of benzene rings is 2. The summed E-state index contributed by atoms with van der Waals surface area (Å²) >= 11 is 2.63. The third-order valence-electron chi connectivity index (χ3n) is 3.56. The molecule has 0 saturated carbocycles. The second-order valence-electron chi connectivity index (χ2n) is 5.37. The number of hydrogen-bond acceptors (Lipinski definition) is 6. The summed E-state index contributed by atoms with van der Waals surface area (Å²) in [5, 5.41) is 3.48. The Morgan fingerprint density at radius 2 is 1.87 bits per heavy atom. The number of nitrogens with one attached hydrogen (secondary N) is 1. The summed E-state index contributed by atoms with van der Waals surface area (Å²) in [6, 6.07) is 9.45. The largest absolute Gasteiger partial charge is 0.298 e. The van der Waals surface area contributed by atoms with Crippen molar-refractivity contribution in [3.05, 3.63) is 47.0 Å². The predicted molar refractivity (Wildman–Crippen MR) is 94.5 cm³/mol. The first kappa shape index (κ1) is 14.2. The summed E-state index contributed by atoms with van der Waals surface area (Å²) in [5.74, 6) is -0.187. The maximum Gasteiger partial charge on any atom is 0.257 e. The molecule has 0 unspecified atom stereocenters. The first-order valence-corrected chi connectivity index (χ1v) is 8.56. The molecule has 23 heavy (non-hydrogen) atoms. The monoisotopic (exact) mass is 340 g/mol. The smallest absolute Gasteiger partial charge is 0.257 e. The first-order valence-electron chi connectivity index (χ1n) is 7.01. The Labute approximate surface area is 140 Å². The quantitative estimate of drug-likeness (QED) is 0.595. The highest BCUT2D eigenvalue weighted by molar-refractivity contribution is 7.22. The van der Waals surface area contributed by atoms with Crippen LogP contribution in [0.1, 0.15) is 21.5 Å². The van der Waals surface area contributed by atoms with Gasteiger partial charge in [-0.25, -0.2) is 4.98 Å². The minimum atomic E-state index is -0.187. The van der Waals surface area contributed by atoms with E-state index < -0.39 is 0 Å². The molecule has 0 aliphatic heterocycles. The van der Waals surface area contributed by atoms with E-state index in [0.717, 1.165) is 33.0 Å². The highest BCUT2D eigenvalue weighted by Gasteiger charge is 2.12. The molecule has 0 atom stereocenters. The van der Waals surface area contributed by atoms with Crippen LogP contribution in [0.5, 0.6) is 0 Å². The van der Waals surface area contributed by atoms with Gasteiger partial charge in [-0.2, -0.15) is 8.75 Å². The Balaban J connectivity index is 1.66. The minimum absolute atomic E-state index is 0.187. The van der Waals surface area contributed by atoms with Gasteiger partial charge in [0.15, 0.2) is 5.13 Å². The van der Waals surface area contributed by atoms with Crippen molar-refractivity contribution in [3.8, 4) is 0 Å². The third-order valence-corrected chi connectivity index (χ3v) is 5.24. The van der Waals surface area contributed by atoms with Crippen molar-refractivity contribution in [2.75, 3.05) is 5.32 Å². The van der Waals surface area contributed by atoms with Gasteiger partial charge in [-0.3, -0.25) is 10.1 Å². The van der Waals surface area contributed by atoms with Crippen LogP contribution in [-0.4, -0.2) is 19.6 Å². The maximum atomic E-state index is 12.4. The molecular formula is C16H12N4OS2. The molecule has 0 aliphatic rings. The fourth-order valence-corrected chi connectivity index (χ4v) is 3.95. The van der Waals surface area contributed by atoms with Crippen LogP contribution in [0.2, 0.25) is 0 Å². The van der Waals surface area contributed by atoms with E-state index >= 15 is 0 Å². The number of aryl methyl sites for hydroxylation is 2. The van der Waals surface area contributed by atoms with Crippen molar-refractivity contribution in [1.82, 2.24) is 13.7 Å². The molecule has 4 aromatic rings. The lowest BCUT2D eigenvalue weighted by Gasteiger charge is -2.00. The van der Waals surface area contributed by atoms with E-state index in [1.807, 2.05) is 13.0 Å². The molecule has 0 saturated heterocycles. The number of amides is 1. The van der Waals surface area contributed by atoms with E-state index in [1.165, 1.54) is 22.5 Å². The Morgan fingerprint density at radius 1 is 1.04 bits per heavy atom. The molecule has 0 spiro atoms. The number of aromatic nitrogens is 3. The van der Waals surface area contributed by atoms with Crippen molar-refractivity contribution in [3.63, 3.8) is 0 Å².